The highest BCUT2D eigenvalue weighted by Gasteiger charge is 2.13. The van der Waals surface area contributed by atoms with Crippen LogP contribution in [-0.4, -0.2) is 17.1 Å². The van der Waals surface area contributed by atoms with E-state index in [1.165, 1.54) is 22.3 Å². The van der Waals surface area contributed by atoms with Crippen LogP contribution in [0.25, 0.3) is 21.3 Å². The van der Waals surface area contributed by atoms with E-state index >= 15 is 0 Å². The van der Waals surface area contributed by atoms with Crippen molar-refractivity contribution in [3.63, 3.8) is 0 Å². The van der Waals surface area contributed by atoms with Crippen molar-refractivity contribution in [2.75, 3.05) is 7.11 Å². The maximum atomic E-state index is 5.23. The summed E-state index contributed by atoms with van der Waals surface area (Å²) in [5.74, 6) is 1.74. The highest BCUT2D eigenvalue weighted by Crippen LogP contribution is 2.38. The summed E-state index contributed by atoms with van der Waals surface area (Å²) in [4.78, 5) is 10.1. The maximum absolute atomic E-state index is 5.23. The third-order valence-electron chi connectivity index (χ3n) is 4.23. The van der Waals surface area contributed by atoms with Gasteiger partial charge in [-0.05, 0) is 30.2 Å². The summed E-state index contributed by atoms with van der Waals surface area (Å²) in [6.07, 6.45) is 1.66. The first-order chi connectivity index (χ1) is 12.7. The van der Waals surface area contributed by atoms with Gasteiger partial charge in [0, 0.05) is 16.7 Å². The standard InChI is InChI=1S/C21H18N2OS2/c1-14-3-7-16(8-4-14)18-12-26-21-19(18)20(22-13-23-21)25-11-15-5-9-17(24-2)10-6-15/h3-10,12-13H,11H2,1-2H3. The maximum Gasteiger partial charge on any atom is 0.128 e. The van der Waals surface area contributed by atoms with E-state index in [1.807, 2.05) is 12.1 Å². The zero-order chi connectivity index (χ0) is 17.9. The number of nitrogens with zero attached hydrogens (tertiary/aromatic N) is 2. The molecule has 0 fully saturated rings. The number of hydrogen-bond acceptors (Lipinski definition) is 5. The molecule has 2 heterocycles. The normalized spacial score (nSPS) is 11.0. The number of aryl methyl sites for hydroxylation is 1. The van der Waals surface area contributed by atoms with Crippen molar-refractivity contribution >= 4 is 33.3 Å². The third-order valence-corrected chi connectivity index (χ3v) is 6.18. The summed E-state index contributed by atoms with van der Waals surface area (Å²) >= 11 is 3.42. The summed E-state index contributed by atoms with van der Waals surface area (Å²) in [6.45, 7) is 2.11. The Labute approximate surface area is 161 Å². The summed E-state index contributed by atoms with van der Waals surface area (Å²) in [6, 6.07) is 16.8. The van der Waals surface area contributed by atoms with Crippen LogP contribution in [0, 0.1) is 6.92 Å². The number of benzene rings is 2. The molecule has 26 heavy (non-hydrogen) atoms. The van der Waals surface area contributed by atoms with Gasteiger partial charge in [-0.25, -0.2) is 9.97 Å². The van der Waals surface area contributed by atoms with Gasteiger partial charge in [-0.15, -0.1) is 23.1 Å². The quantitative estimate of drug-likeness (QED) is 0.317. The van der Waals surface area contributed by atoms with Crippen LogP contribution >= 0.6 is 23.1 Å². The molecule has 4 rings (SSSR count). The third kappa shape index (κ3) is 3.45. The van der Waals surface area contributed by atoms with E-state index in [0.717, 1.165) is 26.7 Å². The van der Waals surface area contributed by atoms with Crippen LogP contribution in [0.2, 0.25) is 0 Å². The first-order valence-corrected chi connectivity index (χ1v) is 10.2. The Bertz CT molecular complexity index is 1020. The molecule has 0 saturated carbocycles. The lowest BCUT2D eigenvalue weighted by Gasteiger charge is -2.06. The molecule has 0 spiro atoms. The fraction of sp³-hybridized carbons (Fsp3) is 0.143. The van der Waals surface area contributed by atoms with Crippen LogP contribution in [-0.2, 0) is 5.75 Å². The van der Waals surface area contributed by atoms with Gasteiger partial charge in [0.15, 0.2) is 0 Å². The fourth-order valence-corrected chi connectivity index (χ4v) is 4.73. The average Bonchev–Trinajstić information content (AvgIpc) is 3.12. The van der Waals surface area contributed by atoms with Crippen LogP contribution in [0.15, 0.2) is 65.3 Å². The largest absolute Gasteiger partial charge is 0.497 e. The number of ether oxygens (including phenoxy) is 1. The van der Waals surface area contributed by atoms with Gasteiger partial charge in [0.05, 0.1) is 12.5 Å². The molecule has 0 aliphatic carbocycles. The van der Waals surface area contributed by atoms with Crippen molar-refractivity contribution in [1.82, 2.24) is 9.97 Å². The molecule has 0 atom stereocenters. The molecule has 5 heteroatoms. The van der Waals surface area contributed by atoms with Crippen molar-refractivity contribution in [1.29, 1.82) is 0 Å². The van der Waals surface area contributed by atoms with Gasteiger partial charge in [-0.3, -0.25) is 0 Å². The van der Waals surface area contributed by atoms with Crippen molar-refractivity contribution in [3.05, 3.63) is 71.4 Å². The summed E-state index contributed by atoms with van der Waals surface area (Å²) < 4.78 is 5.23. The van der Waals surface area contributed by atoms with Gasteiger partial charge in [0.1, 0.15) is 21.9 Å². The number of rotatable bonds is 5. The Morgan fingerprint density at radius 1 is 1.00 bits per heavy atom. The van der Waals surface area contributed by atoms with Crippen molar-refractivity contribution in [3.8, 4) is 16.9 Å². The second-order valence-electron chi connectivity index (χ2n) is 6.01. The predicted octanol–water partition coefficient (Wildman–Crippen LogP) is 5.97. The zero-order valence-electron chi connectivity index (χ0n) is 14.6. The van der Waals surface area contributed by atoms with E-state index in [0.29, 0.717) is 0 Å². The predicted molar refractivity (Wildman–Crippen MR) is 110 cm³/mol. The van der Waals surface area contributed by atoms with Crippen LogP contribution in [0.3, 0.4) is 0 Å². The Morgan fingerprint density at radius 3 is 2.50 bits per heavy atom. The molecule has 0 aliphatic rings. The van der Waals surface area contributed by atoms with E-state index in [-0.39, 0.29) is 0 Å². The van der Waals surface area contributed by atoms with Gasteiger partial charge < -0.3 is 4.74 Å². The molecule has 0 unspecified atom stereocenters. The lowest BCUT2D eigenvalue weighted by molar-refractivity contribution is 0.414. The van der Waals surface area contributed by atoms with E-state index in [9.17, 15) is 0 Å². The molecule has 0 aliphatic heterocycles. The van der Waals surface area contributed by atoms with Gasteiger partial charge in [-0.2, -0.15) is 0 Å². The average molecular weight is 379 g/mol. The zero-order valence-corrected chi connectivity index (χ0v) is 16.2. The Morgan fingerprint density at radius 2 is 1.77 bits per heavy atom. The Hall–Kier alpha value is -2.37. The first kappa shape index (κ1) is 17.1. The lowest BCUT2D eigenvalue weighted by Crippen LogP contribution is -1.88. The summed E-state index contributed by atoms with van der Waals surface area (Å²) in [5, 5.41) is 4.36. The van der Waals surface area contributed by atoms with E-state index in [2.05, 4.69) is 58.7 Å². The Kier molecular flexibility index (Phi) is 4.91. The Balaban J connectivity index is 1.66. The minimum absolute atomic E-state index is 0.860. The van der Waals surface area contributed by atoms with Crippen LogP contribution in [0.1, 0.15) is 11.1 Å². The number of hydrogen-bond donors (Lipinski definition) is 0. The summed E-state index contributed by atoms with van der Waals surface area (Å²) in [5.41, 5.74) is 4.93. The minimum Gasteiger partial charge on any atom is -0.497 e. The number of aromatic nitrogens is 2. The molecular weight excluding hydrogens is 360 g/mol. The van der Waals surface area contributed by atoms with Crippen LogP contribution in [0.4, 0.5) is 0 Å². The number of thiophene rings is 1. The van der Waals surface area contributed by atoms with Gasteiger partial charge in [0.25, 0.3) is 0 Å². The molecule has 0 N–H and O–H groups in total. The molecular formula is C21H18N2OS2. The molecule has 130 valence electrons. The number of methoxy groups -OCH3 is 1. The molecule has 3 nitrogen and oxygen atoms in total. The topological polar surface area (TPSA) is 35.0 Å². The second kappa shape index (κ2) is 7.48. The van der Waals surface area contributed by atoms with Gasteiger partial charge in [0.2, 0.25) is 0 Å². The highest BCUT2D eigenvalue weighted by molar-refractivity contribution is 7.98. The molecule has 0 radical (unpaired) electrons. The number of fused-ring (bicyclic) bond motifs is 1. The van der Waals surface area contributed by atoms with E-state index in [4.69, 9.17) is 4.74 Å². The van der Waals surface area contributed by atoms with Crippen LogP contribution in [0.5, 0.6) is 5.75 Å². The minimum atomic E-state index is 0.860. The van der Waals surface area contributed by atoms with Crippen LogP contribution < -0.4 is 4.74 Å². The SMILES string of the molecule is COc1ccc(CSc2ncnc3scc(-c4ccc(C)cc4)c23)cc1. The van der Waals surface area contributed by atoms with Gasteiger partial charge in [-0.1, -0.05) is 42.0 Å². The molecule has 4 aromatic rings. The van der Waals surface area contributed by atoms with Crippen molar-refractivity contribution < 1.29 is 4.74 Å². The molecule has 0 amide bonds. The number of thioether (sulfide) groups is 1. The first-order valence-electron chi connectivity index (χ1n) is 8.29. The molecule has 2 aromatic heterocycles. The molecule has 0 saturated heterocycles. The summed E-state index contributed by atoms with van der Waals surface area (Å²) in [7, 11) is 1.69. The molecule has 2 aromatic carbocycles. The monoisotopic (exact) mass is 378 g/mol. The molecule has 0 bridgehead atoms. The smallest absolute Gasteiger partial charge is 0.128 e. The highest BCUT2D eigenvalue weighted by atomic mass is 32.2. The second-order valence-corrected chi connectivity index (χ2v) is 7.83. The van der Waals surface area contributed by atoms with E-state index in [1.54, 1.807) is 36.5 Å². The van der Waals surface area contributed by atoms with Gasteiger partial charge >= 0.3 is 0 Å². The fourth-order valence-electron chi connectivity index (χ4n) is 2.78. The van der Waals surface area contributed by atoms with Crippen molar-refractivity contribution in [2.45, 2.75) is 17.7 Å². The van der Waals surface area contributed by atoms with Crippen molar-refractivity contribution in [2.24, 2.45) is 0 Å². The van der Waals surface area contributed by atoms with E-state index < -0.39 is 0 Å². The lowest BCUT2D eigenvalue weighted by atomic mass is 10.1.